The molecule has 2 N–H and O–H groups in total. The summed E-state index contributed by atoms with van der Waals surface area (Å²) in [5, 5.41) is 10.4. The quantitative estimate of drug-likeness (QED) is 0.698. The molecule has 2 aromatic carbocycles. The van der Waals surface area contributed by atoms with E-state index in [0.29, 0.717) is 17.4 Å². The molecule has 0 aliphatic heterocycles. The van der Waals surface area contributed by atoms with Gasteiger partial charge in [-0.05, 0) is 37.1 Å². The van der Waals surface area contributed by atoms with Gasteiger partial charge in [0.05, 0.1) is 5.56 Å². The van der Waals surface area contributed by atoms with Crippen molar-refractivity contribution in [1.29, 1.82) is 0 Å². The standard InChI is InChI=1S/C19H19NO3/c1-3-17(13-7-5-4-6-8-13)23-19(22)18-12(2)20-16-10-9-14(21)11-15(16)18/h4-11,17,20-21H,3H2,1-2H3. The maximum absolute atomic E-state index is 12.7. The van der Waals surface area contributed by atoms with Crippen LogP contribution in [0.4, 0.5) is 0 Å². The minimum absolute atomic E-state index is 0.126. The van der Waals surface area contributed by atoms with E-state index >= 15 is 0 Å². The van der Waals surface area contributed by atoms with Crippen LogP contribution in [0.15, 0.2) is 48.5 Å². The van der Waals surface area contributed by atoms with Crippen molar-refractivity contribution in [2.45, 2.75) is 26.4 Å². The van der Waals surface area contributed by atoms with Gasteiger partial charge in [-0.2, -0.15) is 0 Å². The summed E-state index contributed by atoms with van der Waals surface area (Å²) in [5.74, 6) is -0.254. The van der Waals surface area contributed by atoms with E-state index in [1.54, 1.807) is 18.2 Å². The lowest BCUT2D eigenvalue weighted by atomic mass is 10.1. The highest BCUT2D eigenvalue weighted by Gasteiger charge is 2.21. The van der Waals surface area contributed by atoms with Crippen LogP contribution in [0.1, 0.15) is 41.1 Å². The zero-order valence-corrected chi connectivity index (χ0v) is 13.2. The van der Waals surface area contributed by atoms with Gasteiger partial charge in [-0.25, -0.2) is 4.79 Å². The lowest BCUT2D eigenvalue weighted by molar-refractivity contribution is 0.0289. The van der Waals surface area contributed by atoms with Crippen LogP contribution < -0.4 is 0 Å². The van der Waals surface area contributed by atoms with Crippen molar-refractivity contribution in [2.24, 2.45) is 0 Å². The first kappa shape index (κ1) is 15.2. The van der Waals surface area contributed by atoms with Gasteiger partial charge in [0.2, 0.25) is 0 Å². The van der Waals surface area contributed by atoms with E-state index in [2.05, 4.69) is 4.98 Å². The Morgan fingerprint density at radius 3 is 2.65 bits per heavy atom. The third-order valence-corrected chi connectivity index (χ3v) is 3.97. The van der Waals surface area contributed by atoms with Gasteiger partial charge in [-0.1, -0.05) is 37.3 Å². The highest BCUT2D eigenvalue weighted by molar-refractivity contribution is 6.06. The molecule has 4 nitrogen and oxygen atoms in total. The van der Waals surface area contributed by atoms with Crippen LogP contribution in [-0.4, -0.2) is 16.1 Å². The Bertz CT molecular complexity index is 836. The summed E-state index contributed by atoms with van der Waals surface area (Å²) in [5.41, 5.74) is 2.99. The number of carbonyl (C=O) groups is 1. The van der Waals surface area contributed by atoms with Crippen LogP contribution in [-0.2, 0) is 4.74 Å². The number of H-pyrrole nitrogens is 1. The van der Waals surface area contributed by atoms with Crippen molar-refractivity contribution in [3.63, 3.8) is 0 Å². The Kier molecular flexibility index (Phi) is 4.06. The molecule has 0 spiro atoms. The molecule has 0 saturated carbocycles. The number of aromatic nitrogens is 1. The van der Waals surface area contributed by atoms with Gasteiger partial charge >= 0.3 is 5.97 Å². The predicted molar refractivity (Wildman–Crippen MR) is 89.6 cm³/mol. The predicted octanol–water partition coefficient (Wildman–Crippen LogP) is 4.49. The molecule has 0 fully saturated rings. The second kappa shape index (κ2) is 6.16. The fourth-order valence-electron chi connectivity index (χ4n) is 2.82. The van der Waals surface area contributed by atoms with Crippen LogP contribution in [0.2, 0.25) is 0 Å². The Balaban J connectivity index is 1.94. The molecule has 0 aliphatic rings. The molecule has 0 saturated heterocycles. The normalized spacial score (nSPS) is 12.3. The number of ether oxygens (including phenoxy) is 1. The number of carbonyl (C=O) groups excluding carboxylic acids is 1. The van der Waals surface area contributed by atoms with Gasteiger partial charge in [-0.15, -0.1) is 0 Å². The largest absolute Gasteiger partial charge is 0.508 e. The lowest BCUT2D eigenvalue weighted by Crippen LogP contribution is -2.11. The fraction of sp³-hybridized carbons (Fsp3) is 0.211. The lowest BCUT2D eigenvalue weighted by Gasteiger charge is -2.16. The first-order valence-electron chi connectivity index (χ1n) is 7.67. The van der Waals surface area contributed by atoms with Crippen molar-refractivity contribution < 1.29 is 14.6 Å². The summed E-state index contributed by atoms with van der Waals surface area (Å²) < 4.78 is 5.72. The molecule has 0 bridgehead atoms. The number of nitrogens with one attached hydrogen (secondary N) is 1. The highest BCUT2D eigenvalue weighted by Crippen LogP contribution is 2.29. The summed E-state index contributed by atoms with van der Waals surface area (Å²) in [6.07, 6.45) is 0.410. The highest BCUT2D eigenvalue weighted by atomic mass is 16.5. The number of phenolic OH excluding ortho intramolecular Hbond substituents is 1. The minimum atomic E-state index is -0.380. The summed E-state index contributed by atoms with van der Waals surface area (Å²) in [4.78, 5) is 15.8. The molecule has 118 valence electrons. The van der Waals surface area contributed by atoms with E-state index in [1.807, 2.05) is 44.2 Å². The van der Waals surface area contributed by atoms with Crippen LogP contribution in [0, 0.1) is 6.92 Å². The van der Waals surface area contributed by atoms with Gasteiger partial charge in [-0.3, -0.25) is 0 Å². The van der Waals surface area contributed by atoms with Crippen LogP contribution in [0.25, 0.3) is 10.9 Å². The molecule has 1 heterocycles. The van der Waals surface area contributed by atoms with Crippen LogP contribution in [0.5, 0.6) is 5.75 Å². The molecule has 0 amide bonds. The molecular formula is C19H19NO3. The SMILES string of the molecule is CCC(OC(=O)c1c(C)[nH]c2ccc(O)cc12)c1ccccc1. The van der Waals surface area contributed by atoms with Gasteiger partial charge in [0.25, 0.3) is 0 Å². The molecule has 0 aliphatic carbocycles. The van der Waals surface area contributed by atoms with Crippen molar-refractivity contribution >= 4 is 16.9 Å². The van der Waals surface area contributed by atoms with Crippen molar-refractivity contribution in [3.05, 3.63) is 65.4 Å². The van der Waals surface area contributed by atoms with E-state index < -0.39 is 0 Å². The number of rotatable bonds is 4. The number of hydrogen-bond donors (Lipinski definition) is 2. The zero-order valence-electron chi connectivity index (χ0n) is 13.2. The van der Waals surface area contributed by atoms with Crippen molar-refractivity contribution in [3.8, 4) is 5.75 Å². The number of esters is 1. The molecule has 0 radical (unpaired) electrons. The number of benzene rings is 2. The molecule has 4 heteroatoms. The second-order valence-electron chi connectivity index (χ2n) is 5.57. The second-order valence-corrected chi connectivity index (χ2v) is 5.57. The van der Waals surface area contributed by atoms with Gasteiger partial charge in [0.15, 0.2) is 0 Å². The number of aryl methyl sites for hydroxylation is 1. The maximum Gasteiger partial charge on any atom is 0.341 e. The third kappa shape index (κ3) is 2.93. The first-order valence-corrected chi connectivity index (χ1v) is 7.67. The smallest absolute Gasteiger partial charge is 0.341 e. The maximum atomic E-state index is 12.7. The summed E-state index contributed by atoms with van der Waals surface area (Å²) in [7, 11) is 0. The van der Waals surface area contributed by atoms with Gasteiger partial charge in [0.1, 0.15) is 11.9 Å². The number of aromatic hydroxyl groups is 1. The first-order chi connectivity index (χ1) is 11.1. The molecule has 1 aromatic heterocycles. The minimum Gasteiger partial charge on any atom is -0.508 e. The molecule has 23 heavy (non-hydrogen) atoms. The number of fused-ring (bicyclic) bond motifs is 1. The van der Waals surface area contributed by atoms with E-state index in [0.717, 1.165) is 16.8 Å². The van der Waals surface area contributed by atoms with Gasteiger partial charge < -0.3 is 14.8 Å². The molecule has 1 unspecified atom stereocenters. The fourth-order valence-corrected chi connectivity index (χ4v) is 2.82. The summed E-state index contributed by atoms with van der Waals surface area (Å²) >= 11 is 0. The Morgan fingerprint density at radius 2 is 1.96 bits per heavy atom. The van der Waals surface area contributed by atoms with Crippen molar-refractivity contribution in [2.75, 3.05) is 0 Å². The number of aromatic amines is 1. The van der Waals surface area contributed by atoms with E-state index in [9.17, 15) is 9.90 Å². The number of hydrogen-bond acceptors (Lipinski definition) is 3. The van der Waals surface area contributed by atoms with Crippen molar-refractivity contribution in [1.82, 2.24) is 4.98 Å². The zero-order chi connectivity index (χ0) is 16.4. The Morgan fingerprint density at radius 1 is 1.22 bits per heavy atom. The third-order valence-electron chi connectivity index (χ3n) is 3.97. The van der Waals surface area contributed by atoms with Gasteiger partial charge in [0, 0.05) is 16.6 Å². The van der Waals surface area contributed by atoms with E-state index in [1.165, 1.54) is 0 Å². The number of phenols is 1. The summed E-state index contributed by atoms with van der Waals surface area (Å²) in [6.45, 7) is 3.82. The monoisotopic (exact) mass is 309 g/mol. The topological polar surface area (TPSA) is 62.3 Å². The average molecular weight is 309 g/mol. The average Bonchev–Trinajstić information content (AvgIpc) is 2.88. The molecule has 3 aromatic rings. The van der Waals surface area contributed by atoms with Crippen LogP contribution in [0.3, 0.4) is 0 Å². The van der Waals surface area contributed by atoms with E-state index in [4.69, 9.17) is 4.74 Å². The Labute approximate surface area is 134 Å². The van der Waals surface area contributed by atoms with Crippen LogP contribution >= 0.6 is 0 Å². The van der Waals surface area contributed by atoms with E-state index in [-0.39, 0.29) is 17.8 Å². The molecular weight excluding hydrogens is 290 g/mol. The molecule has 1 atom stereocenters. The Hall–Kier alpha value is -2.75. The molecule has 3 rings (SSSR count). The summed E-state index contributed by atoms with van der Waals surface area (Å²) in [6, 6.07) is 14.6.